The first-order valence-corrected chi connectivity index (χ1v) is 8.94. The first kappa shape index (κ1) is 17.6. The minimum atomic E-state index is -0.200. The summed E-state index contributed by atoms with van der Waals surface area (Å²) in [6.07, 6.45) is 0. The van der Waals surface area contributed by atoms with Crippen molar-refractivity contribution >= 4 is 38.9 Å². The summed E-state index contributed by atoms with van der Waals surface area (Å²) in [5.41, 5.74) is 0.920. The molecule has 1 atom stereocenters. The molecule has 0 radical (unpaired) electrons. The topological polar surface area (TPSA) is 47.6 Å². The number of hydrogen-bond acceptors (Lipinski definition) is 4. The van der Waals surface area contributed by atoms with Crippen LogP contribution in [0.1, 0.15) is 28.2 Å². The number of methoxy groups -OCH3 is 2. The minimum absolute atomic E-state index is 0.187. The van der Waals surface area contributed by atoms with Gasteiger partial charge in [-0.15, -0.1) is 11.3 Å². The third-order valence-corrected chi connectivity index (χ3v) is 5.67. The Labute approximate surface area is 155 Å². The van der Waals surface area contributed by atoms with Crippen molar-refractivity contribution in [1.29, 1.82) is 0 Å². The Hall–Kier alpha value is -2.24. The largest absolute Gasteiger partial charge is 0.493 e. The summed E-state index contributed by atoms with van der Waals surface area (Å²) in [4.78, 5) is 13.2. The Morgan fingerprint density at radius 3 is 2.52 bits per heavy atom. The van der Waals surface area contributed by atoms with Crippen LogP contribution in [0.2, 0.25) is 5.02 Å². The number of benzene rings is 2. The normalized spacial score (nSPS) is 12.0. The van der Waals surface area contributed by atoms with Gasteiger partial charge >= 0.3 is 0 Å². The van der Waals surface area contributed by atoms with Gasteiger partial charge in [0, 0.05) is 10.1 Å². The first-order valence-electron chi connectivity index (χ1n) is 7.75. The van der Waals surface area contributed by atoms with E-state index in [0.29, 0.717) is 21.4 Å². The third-order valence-electron chi connectivity index (χ3n) is 4.00. The summed E-state index contributed by atoms with van der Waals surface area (Å²) in [5, 5.41) is 4.39. The summed E-state index contributed by atoms with van der Waals surface area (Å²) >= 11 is 7.78. The zero-order valence-corrected chi connectivity index (χ0v) is 15.7. The van der Waals surface area contributed by atoms with E-state index >= 15 is 0 Å². The van der Waals surface area contributed by atoms with Gasteiger partial charge in [0.05, 0.1) is 25.3 Å². The molecule has 2 aromatic carbocycles. The van der Waals surface area contributed by atoms with Crippen LogP contribution >= 0.6 is 22.9 Å². The number of amides is 1. The predicted octanol–water partition coefficient (Wildman–Crippen LogP) is 5.06. The van der Waals surface area contributed by atoms with Crippen LogP contribution in [0.4, 0.5) is 0 Å². The molecule has 0 aliphatic carbocycles. The number of halogens is 1. The smallest absolute Gasteiger partial charge is 0.263 e. The minimum Gasteiger partial charge on any atom is -0.493 e. The lowest BCUT2D eigenvalue weighted by atomic mass is 10.1. The van der Waals surface area contributed by atoms with Crippen molar-refractivity contribution in [3.05, 3.63) is 57.9 Å². The molecule has 1 amide bonds. The Bertz CT molecular complexity index is 922. The van der Waals surface area contributed by atoms with Crippen molar-refractivity contribution in [2.75, 3.05) is 14.2 Å². The number of carbonyl (C=O) groups is 1. The molecule has 0 aliphatic rings. The van der Waals surface area contributed by atoms with Crippen LogP contribution in [-0.4, -0.2) is 20.1 Å². The SMILES string of the molecule is COc1ccc(C(C)NC(=O)c2sc3ccccc3c2Cl)cc1OC. The van der Waals surface area contributed by atoms with Crippen LogP contribution in [0, 0.1) is 0 Å². The van der Waals surface area contributed by atoms with Crippen LogP contribution in [-0.2, 0) is 0 Å². The van der Waals surface area contributed by atoms with Crippen molar-refractivity contribution in [1.82, 2.24) is 5.32 Å². The number of hydrogen-bond donors (Lipinski definition) is 1. The van der Waals surface area contributed by atoms with Gasteiger partial charge in [-0.25, -0.2) is 0 Å². The monoisotopic (exact) mass is 375 g/mol. The van der Waals surface area contributed by atoms with Crippen molar-refractivity contribution in [3.8, 4) is 11.5 Å². The molecule has 3 aromatic rings. The number of rotatable bonds is 5. The van der Waals surface area contributed by atoms with Crippen molar-refractivity contribution < 1.29 is 14.3 Å². The van der Waals surface area contributed by atoms with Gasteiger partial charge in [0.15, 0.2) is 11.5 Å². The van der Waals surface area contributed by atoms with Crippen LogP contribution in [0.25, 0.3) is 10.1 Å². The van der Waals surface area contributed by atoms with E-state index in [4.69, 9.17) is 21.1 Å². The van der Waals surface area contributed by atoms with E-state index in [1.165, 1.54) is 11.3 Å². The molecular formula is C19H18ClNO3S. The van der Waals surface area contributed by atoms with Gasteiger partial charge in [0.2, 0.25) is 0 Å². The number of carbonyl (C=O) groups excluding carboxylic acids is 1. The highest BCUT2D eigenvalue weighted by atomic mass is 35.5. The van der Waals surface area contributed by atoms with Crippen molar-refractivity contribution in [2.24, 2.45) is 0 Å². The van der Waals surface area contributed by atoms with E-state index in [1.54, 1.807) is 14.2 Å². The molecular weight excluding hydrogens is 358 g/mol. The number of thiophene rings is 1. The number of nitrogens with one attached hydrogen (secondary N) is 1. The first-order chi connectivity index (χ1) is 12.0. The Morgan fingerprint density at radius 1 is 1.12 bits per heavy atom. The Morgan fingerprint density at radius 2 is 1.84 bits per heavy atom. The second-order valence-electron chi connectivity index (χ2n) is 5.55. The van der Waals surface area contributed by atoms with Gasteiger partial charge in [0.25, 0.3) is 5.91 Å². The molecule has 4 nitrogen and oxygen atoms in total. The fraction of sp³-hybridized carbons (Fsp3) is 0.211. The van der Waals surface area contributed by atoms with E-state index in [2.05, 4.69) is 5.32 Å². The van der Waals surface area contributed by atoms with Crippen LogP contribution in [0.3, 0.4) is 0 Å². The molecule has 1 aromatic heterocycles. The molecule has 0 fully saturated rings. The fourth-order valence-corrected chi connectivity index (χ4v) is 4.05. The quantitative estimate of drug-likeness (QED) is 0.677. The van der Waals surface area contributed by atoms with Crippen molar-refractivity contribution in [3.63, 3.8) is 0 Å². The highest BCUT2D eigenvalue weighted by Gasteiger charge is 2.19. The zero-order valence-electron chi connectivity index (χ0n) is 14.1. The molecule has 0 saturated carbocycles. The van der Waals surface area contributed by atoms with Crippen LogP contribution in [0.15, 0.2) is 42.5 Å². The molecule has 3 rings (SSSR count). The molecule has 25 heavy (non-hydrogen) atoms. The van der Waals surface area contributed by atoms with E-state index in [1.807, 2.05) is 49.4 Å². The lowest BCUT2D eigenvalue weighted by Gasteiger charge is -2.16. The van der Waals surface area contributed by atoms with Crippen LogP contribution in [0.5, 0.6) is 11.5 Å². The lowest BCUT2D eigenvalue weighted by Crippen LogP contribution is -2.26. The molecule has 0 bridgehead atoms. The van der Waals surface area contributed by atoms with Gasteiger partial charge in [-0.3, -0.25) is 4.79 Å². The lowest BCUT2D eigenvalue weighted by molar-refractivity contribution is 0.0944. The maximum Gasteiger partial charge on any atom is 0.263 e. The highest BCUT2D eigenvalue weighted by molar-refractivity contribution is 7.21. The maximum absolute atomic E-state index is 12.7. The molecule has 0 saturated heterocycles. The van der Waals surface area contributed by atoms with Gasteiger partial charge in [-0.1, -0.05) is 35.9 Å². The molecule has 130 valence electrons. The summed E-state index contributed by atoms with van der Waals surface area (Å²) < 4.78 is 11.6. The van der Waals surface area contributed by atoms with Gasteiger partial charge in [-0.05, 0) is 30.7 Å². The zero-order chi connectivity index (χ0) is 18.0. The van der Waals surface area contributed by atoms with Gasteiger partial charge in [0.1, 0.15) is 4.88 Å². The second kappa shape index (κ2) is 7.33. The summed E-state index contributed by atoms with van der Waals surface area (Å²) in [7, 11) is 3.17. The van der Waals surface area contributed by atoms with Gasteiger partial charge < -0.3 is 14.8 Å². The van der Waals surface area contributed by atoms with E-state index in [-0.39, 0.29) is 11.9 Å². The Kier molecular flexibility index (Phi) is 5.16. The average molecular weight is 376 g/mol. The van der Waals surface area contributed by atoms with Crippen molar-refractivity contribution in [2.45, 2.75) is 13.0 Å². The molecule has 6 heteroatoms. The summed E-state index contributed by atoms with van der Waals surface area (Å²) in [5.74, 6) is 1.09. The average Bonchev–Trinajstić information content (AvgIpc) is 2.98. The molecule has 0 spiro atoms. The fourth-order valence-electron chi connectivity index (χ4n) is 2.63. The standard InChI is InChI=1S/C19H18ClNO3S/c1-11(12-8-9-14(23-2)15(10-12)24-3)21-19(22)18-17(20)13-6-4-5-7-16(13)25-18/h4-11H,1-3H3,(H,21,22). The molecule has 1 N–H and O–H groups in total. The highest BCUT2D eigenvalue weighted by Crippen LogP contribution is 2.35. The predicted molar refractivity (Wildman–Crippen MR) is 102 cm³/mol. The second-order valence-corrected chi connectivity index (χ2v) is 6.98. The van der Waals surface area contributed by atoms with Crippen LogP contribution < -0.4 is 14.8 Å². The molecule has 1 unspecified atom stereocenters. The third kappa shape index (κ3) is 3.43. The summed E-state index contributed by atoms with van der Waals surface area (Å²) in [6, 6.07) is 13.1. The van der Waals surface area contributed by atoms with Gasteiger partial charge in [-0.2, -0.15) is 0 Å². The van der Waals surface area contributed by atoms with E-state index < -0.39 is 0 Å². The maximum atomic E-state index is 12.7. The molecule has 1 heterocycles. The van der Waals surface area contributed by atoms with E-state index in [9.17, 15) is 4.79 Å². The number of fused-ring (bicyclic) bond motifs is 1. The number of ether oxygens (including phenoxy) is 2. The Balaban J connectivity index is 1.83. The van der Waals surface area contributed by atoms with E-state index in [0.717, 1.165) is 15.6 Å². The summed E-state index contributed by atoms with van der Waals surface area (Å²) in [6.45, 7) is 1.92. The molecule has 0 aliphatic heterocycles.